The molecule has 0 atom stereocenters. The Morgan fingerprint density at radius 2 is 1.06 bits per heavy atom. The number of aryl methyl sites for hydroxylation is 1. The Kier molecular flexibility index (Phi) is 16.0. The van der Waals surface area contributed by atoms with Crippen molar-refractivity contribution in [3.8, 4) is 0 Å². The van der Waals surface area contributed by atoms with E-state index in [1.54, 1.807) is 12.1 Å². The first-order valence-electron chi connectivity index (χ1n) is 10.1. The third-order valence-electron chi connectivity index (χ3n) is 3.73. The SMILES string of the molecule is C=COCCOCCOCCOCCOCCOCCOS(=O)(=O)c1ccc(C)cc1. The van der Waals surface area contributed by atoms with Crippen LogP contribution in [0.5, 0.6) is 0 Å². The van der Waals surface area contributed by atoms with Crippen LogP contribution in [0, 0.1) is 6.92 Å². The van der Waals surface area contributed by atoms with Gasteiger partial charge in [-0.15, -0.1) is 0 Å². The van der Waals surface area contributed by atoms with Crippen LogP contribution in [0.4, 0.5) is 0 Å². The van der Waals surface area contributed by atoms with E-state index in [0.29, 0.717) is 66.1 Å². The van der Waals surface area contributed by atoms with Gasteiger partial charge in [-0.3, -0.25) is 4.18 Å². The van der Waals surface area contributed by atoms with Gasteiger partial charge in [-0.05, 0) is 19.1 Å². The molecule has 10 heteroatoms. The highest BCUT2D eigenvalue weighted by molar-refractivity contribution is 7.86. The van der Waals surface area contributed by atoms with Gasteiger partial charge in [0.1, 0.15) is 6.61 Å². The molecule has 9 nitrogen and oxygen atoms in total. The maximum Gasteiger partial charge on any atom is 0.297 e. The fraction of sp³-hybridized carbons (Fsp3) is 0.619. The quantitative estimate of drug-likeness (QED) is 0.154. The van der Waals surface area contributed by atoms with Crippen LogP contribution in [0.15, 0.2) is 42.0 Å². The Morgan fingerprint density at radius 1 is 0.677 bits per heavy atom. The predicted octanol–water partition coefficient (Wildman–Crippen LogP) is 1.94. The second kappa shape index (κ2) is 18.1. The molecular formula is C21H34O9S. The van der Waals surface area contributed by atoms with Crippen LogP contribution in [-0.2, 0) is 42.7 Å². The molecule has 0 aromatic heterocycles. The van der Waals surface area contributed by atoms with Gasteiger partial charge in [0.15, 0.2) is 0 Å². The molecule has 0 saturated heterocycles. The maximum atomic E-state index is 12.0. The van der Waals surface area contributed by atoms with Crippen molar-refractivity contribution in [2.24, 2.45) is 0 Å². The van der Waals surface area contributed by atoms with Gasteiger partial charge < -0.3 is 28.4 Å². The van der Waals surface area contributed by atoms with Gasteiger partial charge in [-0.1, -0.05) is 24.3 Å². The lowest BCUT2D eigenvalue weighted by molar-refractivity contribution is -0.0149. The Bertz CT molecular complexity index is 662. The third-order valence-corrected chi connectivity index (χ3v) is 5.05. The van der Waals surface area contributed by atoms with Gasteiger partial charge in [0.2, 0.25) is 0 Å². The van der Waals surface area contributed by atoms with Crippen molar-refractivity contribution in [2.75, 3.05) is 79.3 Å². The molecular weight excluding hydrogens is 428 g/mol. The zero-order valence-corrected chi connectivity index (χ0v) is 19.0. The van der Waals surface area contributed by atoms with Crippen molar-refractivity contribution in [3.63, 3.8) is 0 Å². The lowest BCUT2D eigenvalue weighted by Gasteiger charge is -2.08. The summed E-state index contributed by atoms with van der Waals surface area (Å²) in [5.41, 5.74) is 0.980. The molecule has 1 rings (SSSR count). The van der Waals surface area contributed by atoms with Crippen molar-refractivity contribution < 1.29 is 41.0 Å². The summed E-state index contributed by atoms with van der Waals surface area (Å²) in [6, 6.07) is 6.48. The van der Waals surface area contributed by atoms with Crippen molar-refractivity contribution in [1.29, 1.82) is 0 Å². The molecule has 0 unspecified atom stereocenters. The Morgan fingerprint density at radius 3 is 1.48 bits per heavy atom. The van der Waals surface area contributed by atoms with E-state index in [1.165, 1.54) is 18.4 Å². The molecule has 0 bridgehead atoms. The molecule has 0 spiro atoms. The van der Waals surface area contributed by atoms with Crippen molar-refractivity contribution in [2.45, 2.75) is 11.8 Å². The van der Waals surface area contributed by atoms with Gasteiger partial charge >= 0.3 is 0 Å². The molecule has 0 fully saturated rings. The maximum absolute atomic E-state index is 12.0. The number of benzene rings is 1. The van der Waals surface area contributed by atoms with Crippen LogP contribution < -0.4 is 0 Å². The summed E-state index contributed by atoms with van der Waals surface area (Å²) in [5.74, 6) is 0. The first-order valence-corrected chi connectivity index (χ1v) is 11.5. The number of hydrogen-bond donors (Lipinski definition) is 0. The van der Waals surface area contributed by atoms with Gasteiger partial charge in [0.25, 0.3) is 10.1 Å². The van der Waals surface area contributed by atoms with Crippen LogP contribution in [0.1, 0.15) is 5.56 Å². The molecule has 1 aromatic rings. The minimum atomic E-state index is -3.75. The monoisotopic (exact) mass is 462 g/mol. The molecule has 178 valence electrons. The molecule has 0 saturated carbocycles. The lowest BCUT2D eigenvalue weighted by Crippen LogP contribution is -2.15. The Hall–Kier alpha value is -1.53. The molecule has 0 radical (unpaired) electrons. The minimum absolute atomic E-state index is 0.0486. The molecule has 1 aromatic carbocycles. The summed E-state index contributed by atoms with van der Waals surface area (Å²) < 4.78 is 60.5. The van der Waals surface area contributed by atoms with E-state index in [9.17, 15) is 8.42 Å². The zero-order valence-electron chi connectivity index (χ0n) is 18.2. The first kappa shape index (κ1) is 27.5. The fourth-order valence-electron chi connectivity index (χ4n) is 2.15. The van der Waals surface area contributed by atoms with Crippen LogP contribution in [-0.4, -0.2) is 87.7 Å². The first-order chi connectivity index (χ1) is 15.1. The number of rotatable bonds is 21. The van der Waals surface area contributed by atoms with Crippen molar-refractivity contribution in [1.82, 2.24) is 0 Å². The van der Waals surface area contributed by atoms with E-state index < -0.39 is 10.1 Å². The van der Waals surface area contributed by atoms with E-state index >= 15 is 0 Å². The summed E-state index contributed by atoms with van der Waals surface area (Å²) in [4.78, 5) is 0.134. The topological polar surface area (TPSA) is 98.8 Å². The van der Waals surface area contributed by atoms with Crippen LogP contribution in [0.25, 0.3) is 0 Å². The average molecular weight is 463 g/mol. The van der Waals surface area contributed by atoms with E-state index in [0.717, 1.165) is 5.56 Å². The highest BCUT2D eigenvalue weighted by Crippen LogP contribution is 2.12. The van der Waals surface area contributed by atoms with E-state index in [2.05, 4.69) is 6.58 Å². The normalized spacial score (nSPS) is 11.5. The summed E-state index contributed by atoms with van der Waals surface area (Å²) in [7, 11) is -3.75. The van der Waals surface area contributed by atoms with Crippen LogP contribution in [0.2, 0.25) is 0 Å². The standard InChI is InChI=1S/C21H34O9S/c1-3-24-8-9-25-10-11-26-12-13-27-14-15-28-16-17-29-18-19-30-31(22,23)21-6-4-20(2)5-7-21/h3-7H,1,8-19H2,2H3. The predicted molar refractivity (Wildman–Crippen MR) is 115 cm³/mol. The summed E-state index contributed by atoms with van der Waals surface area (Å²) in [6.07, 6.45) is 1.38. The van der Waals surface area contributed by atoms with Gasteiger partial charge in [-0.2, -0.15) is 8.42 Å². The highest BCUT2D eigenvalue weighted by Gasteiger charge is 2.14. The molecule has 31 heavy (non-hydrogen) atoms. The third kappa shape index (κ3) is 15.0. The zero-order chi connectivity index (χ0) is 22.6. The Balaban J connectivity index is 1.82. The van der Waals surface area contributed by atoms with Crippen molar-refractivity contribution in [3.05, 3.63) is 42.7 Å². The lowest BCUT2D eigenvalue weighted by atomic mass is 10.2. The minimum Gasteiger partial charge on any atom is -0.499 e. The molecule has 0 aliphatic heterocycles. The molecule has 0 aliphatic rings. The van der Waals surface area contributed by atoms with E-state index in [4.69, 9.17) is 32.6 Å². The van der Waals surface area contributed by atoms with E-state index in [1.807, 2.05) is 6.92 Å². The summed E-state index contributed by atoms with van der Waals surface area (Å²) >= 11 is 0. The second-order valence-electron chi connectivity index (χ2n) is 6.19. The smallest absolute Gasteiger partial charge is 0.297 e. The number of hydrogen-bond acceptors (Lipinski definition) is 9. The van der Waals surface area contributed by atoms with Gasteiger partial charge in [-0.25, -0.2) is 0 Å². The Labute approximate surface area is 185 Å². The molecule has 0 heterocycles. The van der Waals surface area contributed by atoms with E-state index in [-0.39, 0.29) is 18.1 Å². The van der Waals surface area contributed by atoms with Gasteiger partial charge in [0, 0.05) is 0 Å². The molecule has 0 aliphatic carbocycles. The summed E-state index contributed by atoms with van der Waals surface area (Å²) in [5, 5.41) is 0. The highest BCUT2D eigenvalue weighted by atomic mass is 32.2. The van der Waals surface area contributed by atoms with Crippen molar-refractivity contribution >= 4 is 10.1 Å². The second-order valence-corrected chi connectivity index (χ2v) is 7.80. The van der Waals surface area contributed by atoms with Gasteiger partial charge in [0.05, 0.1) is 83.8 Å². The largest absolute Gasteiger partial charge is 0.499 e. The average Bonchev–Trinajstić information content (AvgIpc) is 2.75. The summed E-state index contributed by atoms with van der Waals surface area (Å²) in [6.45, 7) is 10.0. The molecule has 0 N–H and O–H groups in total. The van der Waals surface area contributed by atoms with Crippen LogP contribution in [0.3, 0.4) is 0 Å². The van der Waals surface area contributed by atoms with Crippen LogP contribution >= 0.6 is 0 Å². The molecule has 0 amide bonds. The number of ether oxygens (including phenoxy) is 6. The fourth-order valence-corrected chi connectivity index (χ4v) is 3.04.